The number of benzene rings is 5. The summed E-state index contributed by atoms with van der Waals surface area (Å²) in [4.78, 5) is 40.8. The van der Waals surface area contributed by atoms with E-state index in [9.17, 15) is 14.4 Å². The normalized spacial score (nSPS) is 18.9. The average molecular weight is 1090 g/mol. The summed E-state index contributed by atoms with van der Waals surface area (Å²) in [6.07, 6.45) is 3.01. The van der Waals surface area contributed by atoms with Crippen LogP contribution in [0.1, 0.15) is 138 Å². The number of hydrogen-bond acceptors (Lipinski definition) is 13. The number of rotatable bonds is 38. The van der Waals surface area contributed by atoms with Gasteiger partial charge in [0.25, 0.3) is 0 Å². The molecular weight excluding hydrogens is 1010 g/mol. The van der Waals surface area contributed by atoms with Crippen LogP contribution in [0, 0.1) is 0 Å². The van der Waals surface area contributed by atoms with Crippen LogP contribution in [0.15, 0.2) is 152 Å². The molecule has 1 aliphatic rings. The molecule has 14 heteroatoms. The van der Waals surface area contributed by atoms with E-state index in [1.54, 1.807) is 0 Å². The lowest BCUT2D eigenvalue weighted by molar-refractivity contribution is -0.274. The van der Waals surface area contributed by atoms with Gasteiger partial charge < -0.3 is 46.7 Å². The molecular formula is C64H83O13P. The maximum atomic E-state index is 14.5. The number of carbonyl (C=O) groups excluding carboxylic acids is 3. The fraction of sp³-hybridized carbons (Fsp3) is 0.484. The molecule has 13 nitrogen and oxygen atoms in total. The van der Waals surface area contributed by atoms with Gasteiger partial charge in [-0.1, -0.05) is 224 Å². The standard InChI is InChI=1S/C64H83O13P/c1-4-7-10-11-29-42-58(67)76-63-61(71-45-52-34-23-14-24-35-52)59(69-43-50-30-19-12-20-31-50)60(70-44-51-32-21-13-22-33-51)62(72-46-53-36-25-15-26-37-53)64(63)77-78(73-47-54-38-27-16-28-39-54)74-49-55(75-57(66)41-18-9-6-3)48-68-56(65)40-17-8-5-2/h12-16,19-28,30-39,55,59-64H,4-11,17-18,29,40-49H2,1-3H3/t55-,59+,60+,61-,62-,63-,64+,78?/m1/s1. The molecule has 0 heterocycles. The summed E-state index contributed by atoms with van der Waals surface area (Å²) in [6.45, 7) is 6.47. The Hall–Kier alpha value is -5.34. The zero-order valence-electron chi connectivity index (χ0n) is 46.1. The van der Waals surface area contributed by atoms with Crippen LogP contribution < -0.4 is 0 Å². The molecule has 0 aliphatic heterocycles. The predicted molar refractivity (Wildman–Crippen MR) is 301 cm³/mol. The first kappa shape index (κ1) is 61.9. The van der Waals surface area contributed by atoms with E-state index >= 15 is 0 Å². The van der Waals surface area contributed by atoms with E-state index in [4.69, 9.17) is 46.7 Å². The Kier molecular flexibility index (Phi) is 29.2. The Morgan fingerprint density at radius 3 is 1.19 bits per heavy atom. The Morgan fingerprint density at radius 2 is 0.744 bits per heavy atom. The lowest BCUT2D eigenvalue weighted by atomic mass is 9.83. The molecule has 422 valence electrons. The second-order valence-corrected chi connectivity index (χ2v) is 20.9. The third kappa shape index (κ3) is 22.8. The summed E-state index contributed by atoms with van der Waals surface area (Å²) in [5.41, 5.74) is 4.44. The van der Waals surface area contributed by atoms with Crippen LogP contribution in [0.5, 0.6) is 0 Å². The van der Waals surface area contributed by atoms with E-state index in [1.807, 2.05) is 152 Å². The first-order valence-corrected chi connectivity index (χ1v) is 29.4. The molecule has 6 rings (SSSR count). The van der Waals surface area contributed by atoms with Crippen LogP contribution in [-0.4, -0.2) is 73.8 Å². The molecule has 0 aromatic heterocycles. The highest BCUT2D eigenvalue weighted by molar-refractivity contribution is 7.41. The van der Waals surface area contributed by atoms with Gasteiger partial charge in [-0.2, -0.15) is 0 Å². The zero-order valence-corrected chi connectivity index (χ0v) is 47.0. The molecule has 0 radical (unpaired) electrons. The summed E-state index contributed by atoms with van der Waals surface area (Å²) in [5, 5.41) is 0. The molecule has 0 N–H and O–H groups in total. The van der Waals surface area contributed by atoms with Gasteiger partial charge in [-0.05, 0) is 47.1 Å². The van der Waals surface area contributed by atoms with E-state index in [-0.39, 0.29) is 65.5 Å². The van der Waals surface area contributed by atoms with E-state index in [0.717, 1.165) is 79.2 Å². The summed E-state index contributed by atoms with van der Waals surface area (Å²) in [6, 6.07) is 48.9. The fourth-order valence-corrected chi connectivity index (χ4v) is 10.2. The predicted octanol–water partition coefficient (Wildman–Crippen LogP) is 14.1. The van der Waals surface area contributed by atoms with Crippen molar-refractivity contribution in [3.8, 4) is 0 Å². The van der Waals surface area contributed by atoms with E-state index in [0.29, 0.717) is 19.3 Å². The van der Waals surface area contributed by atoms with Crippen molar-refractivity contribution >= 4 is 26.5 Å². The van der Waals surface area contributed by atoms with Crippen molar-refractivity contribution in [1.29, 1.82) is 0 Å². The number of ether oxygens (including phenoxy) is 7. The van der Waals surface area contributed by atoms with Gasteiger partial charge in [0.15, 0.2) is 12.2 Å². The van der Waals surface area contributed by atoms with Crippen LogP contribution >= 0.6 is 8.60 Å². The molecule has 5 aromatic rings. The van der Waals surface area contributed by atoms with Crippen LogP contribution in [0.2, 0.25) is 0 Å². The van der Waals surface area contributed by atoms with Crippen molar-refractivity contribution in [3.63, 3.8) is 0 Å². The van der Waals surface area contributed by atoms with Gasteiger partial charge in [-0.3, -0.25) is 14.4 Å². The Balaban J connectivity index is 1.45. The van der Waals surface area contributed by atoms with Gasteiger partial charge in [-0.25, -0.2) is 0 Å². The molecule has 1 fully saturated rings. The molecule has 0 spiro atoms. The van der Waals surface area contributed by atoms with Gasteiger partial charge in [-0.15, -0.1) is 0 Å². The summed E-state index contributed by atoms with van der Waals surface area (Å²) >= 11 is 0. The maximum absolute atomic E-state index is 14.5. The van der Waals surface area contributed by atoms with E-state index < -0.39 is 69.2 Å². The number of unbranched alkanes of at least 4 members (excludes halogenated alkanes) is 8. The quantitative estimate of drug-likeness (QED) is 0.0160. The SMILES string of the molecule is CCCCCCCC(=O)O[C@@H]1[C@H](OCc2ccccc2)[C@@H](OCc2ccccc2)[C@H](OCc2ccccc2)[C@@H](OCc2ccccc2)[C@@H]1OP(OCc1ccccc1)OC[C@@H](COC(=O)CCCCC)OC(=O)CCCCC. The first-order chi connectivity index (χ1) is 38.3. The maximum Gasteiger partial charge on any atom is 0.333 e. The third-order valence-corrected chi connectivity index (χ3v) is 14.4. The first-order valence-electron chi connectivity index (χ1n) is 28.3. The number of hydrogen-bond donors (Lipinski definition) is 0. The van der Waals surface area contributed by atoms with Crippen molar-refractivity contribution in [2.75, 3.05) is 13.2 Å². The topological polar surface area (TPSA) is 144 Å². The molecule has 1 saturated carbocycles. The third-order valence-electron chi connectivity index (χ3n) is 13.3. The molecule has 5 aromatic carbocycles. The number of carbonyl (C=O) groups is 3. The van der Waals surface area contributed by atoms with Crippen molar-refractivity contribution in [3.05, 3.63) is 179 Å². The van der Waals surface area contributed by atoms with Gasteiger partial charge in [0.2, 0.25) is 0 Å². The molecule has 0 bridgehead atoms. The van der Waals surface area contributed by atoms with Gasteiger partial charge in [0.1, 0.15) is 37.1 Å². The summed E-state index contributed by atoms with van der Waals surface area (Å²) in [5.74, 6) is -1.26. The molecule has 1 aliphatic carbocycles. The lowest BCUT2D eigenvalue weighted by Crippen LogP contribution is -2.67. The van der Waals surface area contributed by atoms with E-state index in [2.05, 4.69) is 20.8 Å². The van der Waals surface area contributed by atoms with Crippen molar-refractivity contribution in [2.45, 2.75) is 186 Å². The lowest BCUT2D eigenvalue weighted by Gasteiger charge is -2.49. The molecule has 1 unspecified atom stereocenters. The monoisotopic (exact) mass is 1090 g/mol. The zero-order chi connectivity index (χ0) is 54.8. The minimum absolute atomic E-state index is 0.0651. The highest BCUT2D eigenvalue weighted by Crippen LogP contribution is 2.47. The van der Waals surface area contributed by atoms with Gasteiger partial charge in [0.05, 0.1) is 39.6 Å². The fourth-order valence-electron chi connectivity index (χ4n) is 8.99. The minimum Gasteiger partial charge on any atom is -0.462 e. The largest absolute Gasteiger partial charge is 0.462 e. The van der Waals surface area contributed by atoms with Crippen LogP contribution in [0.3, 0.4) is 0 Å². The molecule has 8 atom stereocenters. The van der Waals surface area contributed by atoms with Crippen LogP contribution in [0.25, 0.3) is 0 Å². The minimum atomic E-state index is -2.43. The Bertz CT molecular complexity index is 2360. The smallest absolute Gasteiger partial charge is 0.333 e. The highest BCUT2D eigenvalue weighted by Gasteiger charge is 2.57. The summed E-state index contributed by atoms with van der Waals surface area (Å²) in [7, 11) is -2.43. The second kappa shape index (κ2) is 36.8. The molecule has 0 amide bonds. The highest BCUT2D eigenvalue weighted by atomic mass is 31.2. The van der Waals surface area contributed by atoms with E-state index in [1.165, 1.54) is 0 Å². The molecule has 78 heavy (non-hydrogen) atoms. The van der Waals surface area contributed by atoms with Crippen molar-refractivity contribution in [1.82, 2.24) is 0 Å². The van der Waals surface area contributed by atoms with Crippen molar-refractivity contribution in [2.24, 2.45) is 0 Å². The average Bonchev–Trinajstić information content (AvgIpc) is 3.61. The van der Waals surface area contributed by atoms with Gasteiger partial charge >= 0.3 is 26.5 Å². The molecule has 0 saturated heterocycles. The Labute approximate surface area is 464 Å². The second-order valence-electron chi connectivity index (χ2n) is 19.7. The Morgan fingerprint density at radius 1 is 0.385 bits per heavy atom. The number of esters is 3. The van der Waals surface area contributed by atoms with Crippen LogP contribution in [-0.2, 0) is 94.1 Å². The van der Waals surface area contributed by atoms with Crippen LogP contribution in [0.4, 0.5) is 0 Å². The summed E-state index contributed by atoms with van der Waals surface area (Å²) < 4.78 is 67.3. The van der Waals surface area contributed by atoms with Gasteiger partial charge in [0, 0.05) is 19.3 Å². The van der Waals surface area contributed by atoms with Crippen molar-refractivity contribution < 1.29 is 61.1 Å².